The van der Waals surface area contributed by atoms with Gasteiger partial charge in [-0.05, 0) is 44.5 Å². The molecule has 1 fully saturated rings. The Balaban J connectivity index is 2.00. The van der Waals surface area contributed by atoms with Crippen molar-refractivity contribution in [1.82, 2.24) is 14.3 Å². The van der Waals surface area contributed by atoms with Gasteiger partial charge in [0.1, 0.15) is 5.65 Å². The number of fused-ring (bicyclic) bond motifs is 1. The van der Waals surface area contributed by atoms with Gasteiger partial charge in [0.2, 0.25) is 0 Å². The smallest absolute Gasteiger partial charge is 0.309 e. The fraction of sp³-hybridized carbons (Fsp3) is 0.500. The highest BCUT2D eigenvalue weighted by atomic mass is 16.4. The molecule has 0 spiro atoms. The zero-order chi connectivity index (χ0) is 14.8. The third kappa shape index (κ3) is 2.93. The predicted octanol–water partition coefficient (Wildman–Crippen LogP) is 2.26. The third-order valence-electron chi connectivity index (χ3n) is 4.17. The molecule has 0 saturated carbocycles. The van der Waals surface area contributed by atoms with Crippen LogP contribution in [0.5, 0.6) is 0 Å². The molecule has 0 unspecified atom stereocenters. The number of rotatable bonds is 4. The van der Waals surface area contributed by atoms with Crippen molar-refractivity contribution in [2.24, 2.45) is 0 Å². The van der Waals surface area contributed by atoms with Crippen molar-refractivity contribution in [1.29, 1.82) is 0 Å². The molecule has 2 aromatic heterocycles. The quantitative estimate of drug-likeness (QED) is 0.937. The molecule has 1 saturated heterocycles. The average molecular weight is 287 g/mol. The standard InChI is InChI=1S/C16H21N3O2/c1-12-6-5-9-19-14(11-18-7-3-2-4-8-18)13(10-15(20)21)17-16(12)19/h5-6,9H,2-4,7-8,10-11H2,1H3,(H,20,21). The second kappa shape index (κ2) is 5.85. The maximum absolute atomic E-state index is 11.1. The lowest BCUT2D eigenvalue weighted by atomic mass is 10.1. The Hall–Kier alpha value is -1.88. The zero-order valence-corrected chi connectivity index (χ0v) is 12.4. The number of likely N-dealkylation sites (tertiary alicyclic amines) is 1. The van der Waals surface area contributed by atoms with Crippen molar-refractivity contribution in [2.45, 2.75) is 39.2 Å². The van der Waals surface area contributed by atoms with Crippen LogP contribution < -0.4 is 0 Å². The summed E-state index contributed by atoms with van der Waals surface area (Å²) in [6.07, 6.45) is 5.73. The van der Waals surface area contributed by atoms with E-state index < -0.39 is 5.97 Å². The molecule has 0 amide bonds. The molecule has 0 aromatic carbocycles. The summed E-state index contributed by atoms with van der Waals surface area (Å²) < 4.78 is 2.06. The average Bonchev–Trinajstić information content (AvgIpc) is 2.79. The number of carbonyl (C=O) groups is 1. The predicted molar refractivity (Wildman–Crippen MR) is 80.4 cm³/mol. The molecule has 5 heteroatoms. The minimum Gasteiger partial charge on any atom is -0.481 e. The first kappa shape index (κ1) is 14.1. The van der Waals surface area contributed by atoms with Crippen LogP contribution in [0.1, 0.15) is 36.2 Å². The van der Waals surface area contributed by atoms with Crippen LogP contribution in [0.25, 0.3) is 5.65 Å². The molecule has 3 heterocycles. The van der Waals surface area contributed by atoms with Crippen LogP contribution in [0, 0.1) is 6.92 Å². The van der Waals surface area contributed by atoms with Crippen molar-refractivity contribution in [2.75, 3.05) is 13.1 Å². The first-order chi connectivity index (χ1) is 10.1. The molecular formula is C16H21N3O2. The van der Waals surface area contributed by atoms with Gasteiger partial charge in [-0.2, -0.15) is 0 Å². The molecule has 0 radical (unpaired) electrons. The lowest BCUT2D eigenvalue weighted by Crippen LogP contribution is -2.30. The second-order valence-corrected chi connectivity index (χ2v) is 5.80. The maximum Gasteiger partial charge on any atom is 0.309 e. The molecule has 112 valence electrons. The highest BCUT2D eigenvalue weighted by molar-refractivity contribution is 5.70. The van der Waals surface area contributed by atoms with Gasteiger partial charge in [0, 0.05) is 12.7 Å². The molecule has 1 aliphatic heterocycles. The molecular weight excluding hydrogens is 266 g/mol. The largest absolute Gasteiger partial charge is 0.481 e. The molecule has 0 atom stereocenters. The number of hydrogen-bond donors (Lipinski definition) is 1. The van der Waals surface area contributed by atoms with Crippen LogP contribution in [0.4, 0.5) is 0 Å². The Bertz CT molecular complexity index is 657. The van der Waals surface area contributed by atoms with Crippen molar-refractivity contribution in [3.63, 3.8) is 0 Å². The van der Waals surface area contributed by atoms with Gasteiger partial charge in [0.25, 0.3) is 0 Å². The summed E-state index contributed by atoms with van der Waals surface area (Å²) in [5.41, 5.74) is 3.68. The van der Waals surface area contributed by atoms with Crippen LogP contribution >= 0.6 is 0 Å². The molecule has 5 nitrogen and oxygen atoms in total. The van der Waals surface area contributed by atoms with Gasteiger partial charge in [-0.25, -0.2) is 4.98 Å². The third-order valence-corrected chi connectivity index (χ3v) is 4.17. The minimum absolute atomic E-state index is 0.00963. The van der Waals surface area contributed by atoms with E-state index in [0.29, 0.717) is 5.69 Å². The van der Waals surface area contributed by atoms with E-state index in [4.69, 9.17) is 5.11 Å². The lowest BCUT2D eigenvalue weighted by molar-refractivity contribution is -0.136. The Morgan fingerprint density at radius 3 is 2.81 bits per heavy atom. The molecule has 1 aliphatic rings. The van der Waals surface area contributed by atoms with Gasteiger partial charge in [0.05, 0.1) is 17.8 Å². The van der Waals surface area contributed by atoms with E-state index in [0.717, 1.165) is 36.5 Å². The lowest BCUT2D eigenvalue weighted by Gasteiger charge is -2.26. The van der Waals surface area contributed by atoms with Gasteiger partial charge in [-0.3, -0.25) is 9.69 Å². The topological polar surface area (TPSA) is 57.8 Å². The SMILES string of the molecule is Cc1cccn2c(CN3CCCCC3)c(CC(=O)O)nc12. The summed E-state index contributed by atoms with van der Waals surface area (Å²) in [5, 5.41) is 9.13. The van der Waals surface area contributed by atoms with Crippen LogP contribution in [-0.2, 0) is 17.8 Å². The summed E-state index contributed by atoms with van der Waals surface area (Å²) >= 11 is 0. The normalized spacial score (nSPS) is 16.4. The number of aryl methyl sites for hydroxylation is 1. The van der Waals surface area contributed by atoms with E-state index in [9.17, 15) is 4.79 Å². The van der Waals surface area contributed by atoms with Crippen molar-refractivity contribution in [3.05, 3.63) is 35.3 Å². The first-order valence-corrected chi connectivity index (χ1v) is 7.55. The summed E-state index contributed by atoms with van der Waals surface area (Å²) in [5.74, 6) is -0.823. The van der Waals surface area contributed by atoms with Crippen LogP contribution in [0.3, 0.4) is 0 Å². The van der Waals surface area contributed by atoms with E-state index in [-0.39, 0.29) is 6.42 Å². The maximum atomic E-state index is 11.1. The number of imidazole rings is 1. The van der Waals surface area contributed by atoms with Gasteiger partial charge >= 0.3 is 5.97 Å². The highest BCUT2D eigenvalue weighted by Gasteiger charge is 2.19. The minimum atomic E-state index is -0.823. The van der Waals surface area contributed by atoms with Crippen LogP contribution in [0.2, 0.25) is 0 Å². The van der Waals surface area contributed by atoms with Gasteiger partial charge in [-0.1, -0.05) is 12.5 Å². The molecule has 21 heavy (non-hydrogen) atoms. The number of hydrogen-bond acceptors (Lipinski definition) is 3. The Morgan fingerprint density at radius 1 is 1.33 bits per heavy atom. The number of aromatic nitrogens is 2. The van der Waals surface area contributed by atoms with Crippen molar-refractivity contribution in [3.8, 4) is 0 Å². The summed E-state index contributed by atoms with van der Waals surface area (Å²) in [6, 6.07) is 4.01. The van der Waals surface area contributed by atoms with Gasteiger partial charge in [-0.15, -0.1) is 0 Å². The monoisotopic (exact) mass is 287 g/mol. The fourth-order valence-corrected chi connectivity index (χ4v) is 3.08. The number of carboxylic acid groups (broad SMARTS) is 1. The number of piperidine rings is 1. The van der Waals surface area contributed by atoms with E-state index in [1.807, 2.05) is 25.3 Å². The van der Waals surface area contributed by atoms with E-state index in [2.05, 4.69) is 14.3 Å². The van der Waals surface area contributed by atoms with Crippen molar-refractivity contribution >= 4 is 11.6 Å². The highest BCUT2D eigenvalue weighted by Crippen LogP contribution is 2.20. The number of aliphatic carboxylic acids is 1. The molecule has 3 rings (SSSR count). The van der Waals surface area contributed by atoms with E-state index in [1.54, 1.807) is 0 Å². The van der Waals surface area contributed by atoms with E-state index >= 15 is 0 Å². The molecule has 1 N–H and O–H groups in total. The molecule has 0 aliphatic carbocycles. The van der Waals surface area contributed by atoms with Crippen LogP contribution in [0.15, 0.2) is 18.3 Å². The number of carboxylic acids is 1. The Kier molecular flexibility index (Phi) is 3.92. The first-order valence-electron chi connectivity index (χ1n) is 7.55. The molecule has 2 aromatic rings. The van der Waals surface area contributed by atoms with Gasteiger partial charge in [0.15, 0.2) is 0 Å². The number of nitrogens with zero attached hydrogens (tertiary/aromatic N) is 3. The zero-order valence-electron chi connectivity index (χ0n) is 12.4. The number of pyridine rings is 1. The van der Waals surface area contributed by atoms with Gasteiger partial charge < -0.3 is 9.51 Å². The summed E-state index contributed by atoms with van der Waals surface area (Å²) in [7, 11) is 0. The van der Waals surface area contributed by atoms with E-state index in [1.165, 1.54) is 19.3 Å². The van der Waals surface area contributed by atoms with Crippen LogP contribution in [-0.4, -0.2) is 38.4 Å². The Labute approximate surface area is 124 Å². The molecule has 0 bridgehead atoms. The second-order valence-electron chi connectivity index (χ2n) is 5.80. The fourth-order valence-electron chi connectivity index (χ4n) is 3.08. The Morgan fingerprint density at radius 2 is 2.10 bits per heavy atom. The summed E-state index contributed by atoms with van der Waals surface area (Å²) in [6.45, 7) is 4.97. The van der Waals surface area contributed by atoms with Crippen molar-refractivity contribution < 1.29 is 9.90 Å². The summed E-state index contributed by atoms with van der Waals surface area (Å²) in [4.78, 5) is 18.1.